The van der Waals surface area contributed by atoms with Gasteiger partial charge in [0.2, 0.25) is 10.0 Å². The second-order valence-corrected chi connectivity index (χ2v) is 14.4. The number of hydrogen-bond acceptors (Lipinski definition) is 9. The number of anilines is 1. The van der Waals surface area contributed by atoms with Crippen molar-refractivity contribution in [3.8, 4) is 11.5 Å². The second-order valence-electron chi connectivity index (χ2n) is 12.7. The van der Waals surface area contributed by atoms with E-state index in [1.54, 1.807) is 39.2 Å². The van der Waals surface area contributed by atoms with E-state index in [-0.39, 0.29) is 29.3 Å². The van der Waals surface area contributed by atoms with Crippen LogP contribution in [0.15, 0.2) is 71.6 Å². The summed E-state index contributed by atoms with van der Waals surface area (Å²) in [6.07, 6.45) is 0.647. The van der Waals surface area contributed by atoms with Gasteiger partial charge in [-0.2, -0.15) is 5.10 Å². The molecule has 1 unspecified atom stereocenters. The van der Waals surface area contributed by atoms with Gasteiger partial charge in [0.1, 0.15) is 4.90 Å². The number of nitrogens with one attached hydrogen (secondary N) is 2. The second kappa shape index (κ2) is 14.6. The molecule has 3 aromatic carbocycles. The first-order valence-electron chi connectivity index (χ1n) is 16.8. The van der Waals surface area contributed by atoms with Gasteiger partial charge < -0.3 is 14.4 Å². The molecule has 2 atom stereocenters. The van der Waals surface area contributed by atoms with Crippen molar-refractivity contribution in [3.63, 3.8) is 0 Å². The number of carbonyl (C=O) groups excluding carboxylic acids is 2. The Morgan fingerprint density at radius 1 is 0.880 bits per heavy atom. The van der Waals surface area contributed by atoms with E-state index >= 15 is 0 Å². The largest absolute Gasteiger partial charge is 0.493 e. The normalized spacial score (nSPS) is 16.4. The monoisotopic (exact) mass is 700 g/mol. The van der Waals surface area contributed by atoms with Crippen LogP contribution in [0, 0.1) is 13.8 Å². The third kappa shape index (κ3) is 6.72. The number of ether oxygens (including phenoxy) is 2. The summed E-state index contributed by atoms with van der Waals surface area (Å²) in [7, 11) is -0.757. The van der Waals surface area contributed by atoms with Gasteiger partial charge in [0.25, 0.3) is 11.8 Å². The van der Waals surface area contributed by atoms with Crippen LogP contribution in [0.5, 0.6) is 11.5 Å². The predicted octanol–water partition coefficient (Wildman–Crippen LogP) is 5.02. The van der Waals surface area contributed by atoms with Crippen molar-refractivity contribution < 1.29 is 27.5 Å². The van der Waals surface area contributed by atoms with E-state index < -0.39 is 16.1 Å². The lowest BCUT2D eigenvalue weighted by Gasteiger charge is -2.39. The van der Waals surface area contributed by atoms with Crippen molar-refractivity contribution in [2.24, 2.45) is 0 Å². The van der Waals surface area contributed by atoms with Crippen molar-refractivity contribution >= 4 is 27.5 Å². The summed E-state index contributed by atoms with van der Waals surface area (Å²) in [5.74, 6) is 0.222. The zero-order valence-electron chi connectivity index (χ0n) is 29.1. The molecule has 6 rings (SSSR count). The molecule has 2 aliphatic rings. The molecule has 0 aliphatic carbocycles. The fourth-order valence-electron chi connectivity index (χ4n) is 7.14. The Morgan fingerprint density at radius 3 is 2.26 bits per heavy atom. The number of aromatic amines is 1. The number of H-pyrrole nitrogens is 1. The molecule has 2 amide bonds. The number of benzene rings is 3. The van der Waals surface area contributed by atoms with E-state index in [9.17, 15) is 18.0 Å². The van der Waals surface area contributed by atoms with E-state index in [0.717, 1.165) is 18.8 Å². The number of carbonyl (C=O) groups is 2. The number of fused-ring (bicyclic) bond motifs is 1. The Balaban J connectivity index is 1.24. The summed E-state index contributed by atoms with van der Waals surface area (Å²) < 4.78 is 39.9. The zero-order chi connectivity index (χ0) is 35.6. The van der Waals surface area contributed by atoms with Crippen LogP contribution in [0.25, 0.3) is 0 Å². The summed E-state index contributed by atoms with van der Waals surface area (Å²) in [5.41, 5.74) is 4.29. The van der Waals surface area contributed by atoms with Crippen molar-refractivity contribution in [3.05, 3.63) is 100 Å². The van der Waals surface area contributed by atoms with Gasteiger partial charge in [0, 0.05) is 38.8 Å². The van der Waals surface area contributed by atoms with Crippen LogP contribution in [0.2, 0.25) is 0 Å². The van der Waals surface area contributed by atoms with Gasteiger partial charge >= 0.3 is 0 Å². The molecule has 0 spiro atoms. The number of amides is 2. The number of rotatable bonds is 13. The molecule has 3 heterocycles. The van der Waals surface area contributed by atoms with E-state index in [0.29, 0.717) is 65.5 Å². The number of aryl methyl sites for hydroxylation is 2. The molecule has 1 fully saturated rings. The van der Waals surface area contributed by atoms with Gasteiger partial charge in [-0.3, -0.25) is 24.5 Å². The van der Waals surface area contributed by atoms with Crippen molar-refractivity contribution in [2.75, 3.05) is 51.8 Å². The average molecular weight is 701 g/mol. The fraction of sp³-hybridized carbons (Fsp3) is 0.378. The lowest BCUT2D eigenvalue weighted by atomic mass is 9.99. The summed E-state index contributed by atoms with van der Waals surface area (Å²) in [6, 6.07) is 20.8. The first-order valence-corrected chi connectivity index (χ1v) is 18.3. The molecule has 2 aliphatic heterocycles. The van der Waals surface area contributed by atoms with E-state index in [2.05, 4.69) is 55.9 Å². The van der Waals surface area contributed by atoms with Gasteiger partial charge in [-0.25, -0.2) is 13.1 Å². The lowest BCUT2D eigenvalue weighted by molar-refractivity contribution is 0.0572. The number of imide groups is 1. The van der Waals surface area contributed by atoms with Crippen LogP contribution in [-0.4, -0.2) is 87.2 Å². The lowest BCUT2D eigenvalue weighted by Crippen LogP contribution is -2.47. The van der Waals surface area contributed by atoms with Gasteiger partial charge in [-0.15, -0.1) is 0 Å². The number of hydrogen-bond donors (Lipinski definition) is 2. The fourth-order valence-corrected chi connectivity index (χ4v) is 8.58. The number of aromatic nitrogens is 2. The molecule has 12 nitrogen and oxygen atoms in total. The number of methoxy groups -OCH3 is 2. The van der Waals surface area contributed by atoms with Gasteiger partial charge in [-0.1, -0.05) is 42.5 Å². The maximum absolute atomic E-state index is 14.4. The van der Waals surface area contributed by atoms with E-state index in [1.165, 1.54) is 17.6 Å². The van der Waals surface area contributed by atoms with Crippen molar-refractivity contribution in [1.82, 2.24) is 24.7 Å². The summed E-state index contributed by atoms with van der Waals surface area (Å²) in [6.45, 7) is 8.64. The minimum atomic E-state index is -3.82. The molecule has 0 saturated carbocycles. The van der Waals surface area contributed by atoms with Crippen LogP contribution >= 0.6 is 0 Å². The molecule has 1 saturated heterocycles. The van der Waals surface area contributed by atoms with Crippen LogP contribution in [0.1, 0.15) is 75.1 Å². The molecule has 50 heavy (non-hydrogen) atoms. The maximum Gasteiger partial charge on any atom is 0.264 e. The molecule has 0 radical (unpaired) electrons. The highest BCUT2D eigenvalue weighted by Gasteiger charge is 2.43. The smallest absolute Gasteiger partial charge is 0.264 e. The number of piperazine rings is 1. The molecular weight excluding hydrogens is 657 g/mol. The molecule has 2 N–H and O–H groups in total. The van der Waals surface area contributed by atoms with Gasteiger partial charge in [0.15, 0.2) is 11.5 Å². The van der Waals surface area contributed by atoms with Gasteiger partial charge in [0.05, 0.1) is 48.5 Å². The van der Waals surface area contributed by atoms with Crippen LogP contribution < -0.4 is 19.1 Å². The third-order valence-corrected chi connectivity index (χ3v) is 11.5. The number of sulfonamides is 1. The minimum Gasteiger partial charge on any atom is -0.493 e. The first-order chi connectivity index (χ1) is 24.1. The minimum absolute atomic E-state index is 0.0935. The standard InChI is InChI=1S/C37H44N6O6S/c1-24-35(25(2)40-39-24)50(46,47)38-18-10-15-30(28-16-17-32(48-4)33(23-28)49-5)43-36(44)29-13-9-14-31(34(29)37(43)45)42-21-19-41(20-22-42)26(3)27-11-7-6-8-12-27/h6-9,11-14,16-17,23,26,30,38H,10,15,18-22H2,1-5H3,(H,39,40)/t26?,30-/m1/s1. The molecule has 0 bridgehead atoms. The molecule has 1 aromatic heterocycles. The Hall–Kier alpha value is -4.72. The maximum atomic E-state index is 14.4. The molecule has 264 valence electrons. The van der Waals surface area contributed by atoms with Crippen LogP contribution in [-0.2, 0) is 10.0 Å². The van der Waals surface area contributed by atoms with E-state index in [4.69, 9.17) is 9.47 Å². The van der Waals surface area contributed by atoms with Crippen LogP contribution in [0.4, 0.5) is 5.69 Å². The highest BCUT2D eigenvalue weighted by molar-refractivity contribution is 7.89. The molecule has 13 heteroatoms. The summed E-state index contributed by atoms with van der Waals surface area (Å²) in [4.78, 5) is 34.7. The summed E-state index contributed by atoms with van der Waals surface area (Å²) >= 11 is 0. The Kier molecular flexibility index (Phi) is 10.3. The Bertz CT molecular complexity index is 1950. The highest BCUT2D eigenvalue weighted by Crippen LogP contribution is 2.41. The molecule has 4 aromatic rings. The first kappa shape index (κ1) is 35.1. The SMILES string of the molecule is COc1ccc([C@@H](CCCNS(=O)(=O)c2c(C)n[nH]c2C)N2C(=O)c3cccc(N4CCN(C(C)c5ccccc5)CC4)c3C2=O)cc1OC. The van der Waals surface area contributed by atoms with Crippen molar-refractivity contribution in [2.45, 2.75) is 50.6 Å². The van der Waals surface area contributed by atoms with E-state index in [1.807, 2.05) is 24.3 Å². The van der Waals surface area contributed by atoms with Gasteiger partial charge in [-0.05, 0) is 69.0 Å². The Morgan fingerprint density at radius 2 is 1.60 bits per heavy atom. The average Bonchev–Trinajstić information content (AvgIpc) is 3.62. The van der Waals surface area contributed by atoms with Crippen molar-refractivity contribution in [1.29, 1.82) is 0 Å². The zero-order valence-corrected chi connectivity index (χ0v) is 29.9. The molecular formula is C37H44N6O6S. The van der Waals surface area contributed by atoms with Crippen LogP contribution in [0.3, 0.4) is 0 Å². The summed E-state index contributed by atoms with van der Waals surface area (Å²) in [5, 5.41) is 6.72. The predicted molar refractivity (Wildman–Crippen MR) is 190 cm³/mol. The highest BCUT2D eigenvalue weighted by atomic mass is 32.2. The topological polar surface area (TPSA) is 137 Å². The Labute approximate surface area is 293 Å². The quantitative estimate of drug-likeness (QED) is 0.146. The number of nitrogens with zero attached hydrogens (tertiary/aromatic N) is 4. The third-order valence-electron chi connectivity index (χ3n) is 9.79.